The zero-order valence-electron chi connectivity index (χ0n) is 11.0. The van der Waals surface area contributed by atoms with E-state index in [0.717, 1.165) is 43.9 Å². The lowest BCUT2D eigenvalue weighted by atomic mass is 10.0. The highest BCUT2D eigenvalue weighted by atomic mass is 16.5. The van der Waals surface area contributed by atoms with E-state index in [1.807, 2.05) is 6.07 Å². The number of hydrogen-bond acceptors (Lipinski definition) is 4. The summed E-state index contributed by atoms with van der Waals surface area (Å²) in [6, 6.07) is 8.78. The highest BCUT2D eigenvalue weighted by Gasteiger charge is 2.26. The Balaban J connectivity index is 1.85. The SMILES string of the molecule is N#CCN1CCC[C@@H]1c1ccc2c(c1)OCCCO2. The first-order chi connectivity index (χ1) is 9.38. The van der Waals surface area contributed by atoms with Gasteiger partial charge in [0.25, 0.3) is 0 Å². The standard InChI is InChI=1S/C15H18N2O2/c16-6-8-17-7-1-3-13(17)12-4-5-14-15(11-12)19-10-2-9-18-14/h4-5,11,13H,1-3,7-10H2/t13-/m1/s1. The van der Waals surface area contributed by atoms with E-state index in [2.05, 4.69) is 23.1 Å². The molecule has 2 aliphatic rings. The second kappa shape index (κ2) is 5.50. The third kappa shape index (κ3) is 2.52. The van der Waals surface area contributed by atoms with Crippen molar-refractivity contribution in [1.82, 2.24) is 4.90 Å². The summed E-state index contributed by atoms with van der Waals surface area (Å²) in [6.07, 6.45) is 3.19. The third-order valence-electron chi connectivity index (χ3n) is 3.79. The van der Waals surface area contributed by atoms with Gasteiger partial charge in [-0.25, -0.2) is 0 Å². The van der Waals surface area contributed by atoms with Crippen molar-refractivity contribution < 1.29 is 9.47 Å². The maximum atomic E-state index is 8.88. The van der Waals surface area contributed by atoms with E-state index in [9.17, 15) is 0 Å². The highest BCUT2D eigenvalue weighted by Crippen LogP contribution is 2.37. The molecule has 0 N–H and O–H groups in total. The predicted octanol–water partition coefficient (Wildman–Crippen LogP) is 2.51. The van der Waals surface area contributed by atoms with Crippen LogP contribution in [0.2, 0.25) is 0 Å². The molecule has 0 bridgehead atoms. The van der Waals surface area contributed by atoms with E-state index >= 15 is 0 Å². The zero-order valence-corrected chi connectivity index (χ0v) is 11.0. The summed E-state index contributed by atoms with van der Waals surface area (Å²) in [5.74, 6) is 1.69. The Morgan fingerprint density at radius 1 is 1.21 bits per heavy atom. The molecule has 4 nitrogen and oxygen atoms in total. The van der Waals surface area contributed by atoms with Crippen LogP contribution >= 0.6 is 0 Å². The molecular weight excluding hydrogens is 240 g/mol. The van der Waals surface area contributed by atoms with Gasteiger partial charge in [0.2, 0.25) is 0 Å². The largest absolute Gasteiger partial charge is 0.490 e. The molecule has 2 aliphatic heterocycles. The van der Waals surface area contributed by atoms with Crippen LogP contribution in [0.5, 0.6) is 11.5 Å². The van der Waals surface area contributed by atoms with E-state index in [4.69, 9.17) is 14.7 Å². The van der Waals surface area contributed by atoms with E-state index < -0.39 is 0 Å². The van der Waals surface area contributed by atoms with Crippen molar-refractivity contribution in [3.05, 3.63) is 23.8 Å². The number of rotatable bonds is 2. The van der Waals surface area contributed by atoms with E-state index in [0.29, 0.717) is 19.2 Å². The lowest BCUT2D eigenvalue weighted by Crippen LogP contribution is -2.23. The van der Waals surface area contributed by atoms with Crippen molar-refractivity contribution in [3.63, 3.8) is 0 Å². The first-order valence-corrected chi connectivity index (χ1v) is 6.89. The Morgan fingerprint density at radius 2 is 2.05 bits per heavy atom. The Kier molecular flexibility index (Phi) is 3.56. The molecule has 4 heteroatoms. The van der Waals surface area contributed by atoms with Gasteiger partial charge in [-0.15, -0.1) is 0 Å². The summed E-state index contributed by atoms with van der Waals surface area (Å²) in [4.78, 5) is 2.24. The fraction of sp³-hybridized carbons (Fsp3) is 0.533. The summed E-state index contributed by atoms with van der Waals surface area (Å²) < 4.78 is 11.4. The van der Waals surface area contributed by atoms with Crippen molar-refractivity contribution in [2.24, 2.45) is 0 Å². The highest BCUT2D eigenvalue weighted by molar-refractivity contribution is 5.44. The van der Waals surface area contributed by atoms with Gasteiger partial charge in [0.1, 0.15) is 0 Å². The molecule has 0 radical (unpaired) electrons. The summed E-state index contributed by atoms with van der Waals surface area (Å²) in [6.45, 7) is 2.94. The maximum Gasteiger partial charge on any atom is 0.161 e. The monoisotopic (exact) mass is 258 g/mol. The molecule has 0 aliphatic carbocycles. The van der Waals surface area contributed by atoms with Crippen LogP contribution in [0.1, 0.15) is 30.9 Å². The van der Waals surface area contributed by atoms with Crippen LogP contribution in [0.25, 0.3) is 0 Å². The molecular formula is C15H18N2O2. The third-order valence-corrected chi connectivity index (χ3v) is 3.79. The molecule has 19 heavy (non-hydrogen) atoms. The molecule has 0 unspecified atom stereocenters. The van der Waals surface area contributed by atoms with E-state index in [1.54, 1.807) is 0 Å². The van der Waals surface area contributed by atoms with Gasteiger partial charge in [0.15, 0.2) is 11.5 Å². The van der Waals surface area contributed by atoms with Gasteiger partial charge in [0, 0.05) is 12.5 Å². The Labute approximate surface area is 113 Å². The molecule has 100 valence electrons. The van der Waals surface area contributed by atoms with Crippen LogP contribution in [0.15, 0.2) is 18.2 Å². The average molecular weight is 258 g/mol. The van der Waals surface area contributed by atoms with Crippen molar-refractivity contribution in [1.29, 1.82) is 5.26 Å². The zero-order chi connectivity index (χ0) is 13.1. The van der Waals surface area contributed by atoms with Crippen molar-refractivity contribution in [3.8, 4) is 17.6 Å². The number of fused-ring (bicyclic) bond motifs is 1. The molecule has 0 spiro atoms. The molecule has 1 atom stereocenters. The predicted molar refractivity (Wildman–Crippen MR) is 71.2 cm³/mol. The Hall–Kier alpha value is -1.73. The number of hydrogen-bond donors (Lipinski definition) is 0. The first kappa shape index (κ1) is 12.3. The molecule has 0 amide bonds. The molecule has 3 rings (SSSR count). The fourth-order valence-corrected chi connectivity index (χ4v) is 2.87. The molecule has 1 aromatic carbocycles. The quantitative estimate of drug-likeness (QED) is 0.765. The summed E-state index contributed by atoms with van der Waals surface area (Å²) in [5.41, 5.74) is 1.23. The van der Waals surface area contributed by atoms with Gasteiger partial charge in [-0.05, 0) is 37.1 Å². The smallest absolute Gasteiger partial charge is 0.161 e. The van der Waals surface area contributed by atoms with Crippen LogP contribution < -0.4 is 9.47 Å². The number of likely N-dealkylation sites (tertiary alicyclic amines) is 1. The summed E-state index contributed by atoms with van der Waals surface area (Å²) in [5, 5.41) is 8.88. The van der Waals surface area contributed by atoms with Gasteiger partial charge >= 0.3 is 0 Å². The number of ether oxygens (including phenoxy) is 2. The molecule has 1 fully saturated rings. The molecule has 0 aromatic heterocycles. The Bertz CT molecular complexity index is 495. The molecule has 1 aromatic rings. The average Bonchev–Trinajstić information content (AvgIpc) is 2.76. The first-order valence-electron chi connectivity index (χ1n) is 6.89. The van der Waals surface area contributed by atoms with Crippen LogP contribution in [0.3, 0.4) is 0 Å². The van der Waals surface area contributed by atoms with Gasteiger partial charge in [-0.3, -0.25) is 4.90 Å². The van der Waals surface area contributed by atoms with Gasteiger partial charge in [-0.1, -0.05) is 6.07 Å². The van der Waals surface area contributed by atoms with Crippen molar-refractivity contribution >= 4 is 0 Å². The van der Waals surface area contributed by atoms with Gasteiger partial charge < -0.3 is 9.47 Å². The van der Waals surface area contributed by atoms with Gasteiger partial charge in [-0.2, -0.15) is 5.26 Å². The van der Waals surface area contributed by atoms with Crippen LogP contribution in [0, 0.1) is 11.3 Å². The maximum absolute atomic E-state index is 8.88. The number of nitrogens with zero attached hydrogens (tertiary/aromatic N) is 2. The summed E-state index contributed by atoms with van der Waals surface area (Å²) >= 11 is 0. The molecule has 0 saturated carbocycles. The Morgan fingerprint density at radius 3 is 2.89 bits per heavy atom. The normalized spacial score (nSPS) is 22.8. The number of benzene rings is 1. The second-order valence-corrected chi connectivity index (χ2v) is 5.04. The van der Waals surface area contributed by atoms with Crippen LogP contribution in [-0.2, 0) is 0 Å². The van der Waals surface area contributed by atoms with Crippen LogP contribution in [-0.4, -0.2) is 31.2 Å². The fourth-order valence-electron chi connectivity index (χ4n) is 2.87. The lowest BCUT2D eigenvalue weighted by Gasteiger charge is -2.22. The lowest BCUT2D eigenvalue weighted by molar-refractivity contribution is 0.286. The van der Waals surface area contributed by atoms with Crippen molar-refractivity contribution in [2.75, 3.05) is 26.3 Å². The molecule has 1 saturated heterocycles. The topological polar surface area (TPSA) is 45.5 Å². The van der Waals surface area contributed by atoms with Gasteiger partial charge in [0.05, 0.1) is 25.8 Å². The summed E-state index contributed by atoms with van der Waals surface area (Å²) in [7, 11) is 0. The molecule has 2 heterocycles. The van der Waals surface area contributed by atoms with E-state index in [-0.39, 0.29) is 0 Å². The minimum Gasteiger partial charge on any atom is -0.490 e. The minimum absolute atomic E-state index is 0.344. The van der Waals surface area contributed by atoms with E-state index in [1.165, 1.54) is 5.56 Å². The second-order valence-electron chi connectivity index (χ2n) is 5.04. The van der Waals surface area contributed by atoms with Crippen molar-refractivity contribution in [2.45, 2.75) is 25.3 Å². The number of nitriles is 1. The minimum atomic E-state index is 0.344. The van der Waals surface area contributed by atoms with Crippen LogP contribution in [0.4, 0.5) is 0 Å².